The molecule has 0 unspecified atom stereocenters. The van der Waals surface area contributed by atoms with Crippen LogP contribution in [0.5, 0.6) is 0 Å². The molecule has 0 bridgehead atoms. The quantitative estimate of drug-likeness (QED) is 0.520. The summed E-state index contributed by atoms with van der Waals surface area (Å²) in [6, 6.07) is -0.742. The van der Waals surface area contributed by atoms with E-state index in [2.05, 4.69) is 15.0 Å². The number of aromatic nitrogens is 2. The SMILES string of the molecule is Cn1cnc(S(=O)(=O)N[C@H]2C=C[C@H](CC(=O)NCC3CCCCC3)O[C@@H]2CO)c1. The normalized spacial score (nSPS) is 25.8. The van der Waals surface area contributed by atoms with E-state index in [4.69, 9.17) is 4.74 Å². The molecule has 1 aliphatic carbocycles. The minimum Gasteiger partial charge on any atom is -0.394 e. The molecule has 0 aromatic carbocycles. The number of carbonyl (C=O) groups excluding carboxylic acids is 1. The number of nitrogens with one attached hydrogen (secondary N) is 2. The van der Waals surface area contributed by atoms with Crippen LogP contribution >= 0.6 is 0 Å². The lowest BCUT2D eigenvalue weighted by atomic mass is 9.89. The van der Waals surface area contributed by atoms with Crippen LogP contribution in [0.4, 0.5) is 0 Å². The maximum Gasteiger partial charge on any atom is 0.260 e. The van der Waals surface area contributed by atoms with Crippen LogP contribution in [0.1, 0.15) is 38.5 Å². The molecule has 2 aliphatic rings. The van der Waals surface area contributed by atoms with Crippen molar-refractivity contribution >= 4 is 15.9 Å². The second-order valence-corrected chi connectivity index (χ2v) is 9.48. The molecule has 3 N–H and O–H groups in total. The van der Waals surface area contributed by atoms with Gasteiger partial charge in [-0.25, -0.2) is 18.1 Å². The Hall–Kier alpha value is -1.75. The van der Waals surface area contributed by atoms with Gasteiger partial charge in [0.1, 0.15) is 6.10 Å². The van der Waals surface area contributed by atoms with Crippen LogP contribution in [0.25, 0.3) is 0 Å². The van der Waals surface area contributed by atoms with Crippen LogP contribution in [0, 0.1) is 5.92 Å². The van der Waals surface area contributed by atoms with Crippen LogP contribution in [0.2, 0.25) is 0 Å². The van der Waals surface area contributed by atoms with Gasteiger partial charge in [-0.3, -0.25) is 4.79 Å². The van der Waals surface area contributed by atoms with Gasteiger partial charge >= 0.3 is 0 Å². The molecular weight excluding hydrogens is 396 g/mol. The molecule has 1 aliphatic heterocycles. The molecule has 1 saturated carbocycles. The molecule has 1 aromatic rings. The van der Waals surface area contributed by atoms with Gasteiger partial charge < -0.3 is 19.7 Å². The van der Waals surface area contributed by atoms with Crippen molar-refractivity contribution in [3.8, 4) is 0 Å². The van der Waals surface area contributed by atoms with Crippen LogP contribution in [-0.2, 0) is 26.6 Å². The maximum atomic E-state index is 12.4. The second-order valence-electron chi connectivity index (χ2n) is 7.82. The third kappa shape index (κ3) is 6.11. The number of aliphatic hydroxyl groups excluding tert-OH is 1. The van der Waals surface area contributed by atoms with E-state index in [1.54, 1.807) is 19.2 Å². The number of nitrogens with zero attached hydrogens (tertiary/aromatic N) is 2. The largest absolute Gasteiger partial charge is 0.394 e. The van der Waals surface area contributed by atoms with E-state index in [1.807, 2.05) is 0 Å². The lowest BCUT2D eigenvalue weighted by Gasteiger charge is -2.31. The Balaban J connectivity index is 1.53. The maximum absolute atomic E-state index is 12.4. The first-order valence-corrected chi connectivity index (χ1v) is 11.6. The summed E-state index contributed by atoms with van der Waals surface area (Å²) in [5.74, 6) is 0.445. The predicted octanol–water partition coefficient (Wildman–Crippen LogP) is 0.470. The van der Waals surface area contributed by atoms with Crippen molar-refractivity contribution in [2.24, 2.45) is 13.0 Å². The molecule has 162 valence electrons. The van der Waals surface area contributed by atoms with E-state index in [9.17, 15) is 18.3 Å². The molecule has 29 heavy (non-hydrogen) atoms. The van der Waals surface area contributed by atoms with Crippen LogP contribution in [0.15, 0.2) is 29.7 Å². The first-order valence-electron chi connectivity index (χ1n) is 10.1. The van der Waals surface area contributed by atoms with Crippen molar-refractivity contribution in [2.45, 2.75) is 61.8 Å². The molecule has 3 atom stereocenters. The highest BCUT2D eigenvalue weighted by Gasteiger charge is 2.32. The fourth-order valence-corrected chi connectivity index (χ4v) is 4.98. The highest BCUT2D eigenvalue weighted by Crippen LogP contribution is 2.23. The zero-order valence-corrected chi connectivity index (χ0v) is 17.5. The smallest absolute Gasteiger partial charge is 0.260 e. The summed E-state index contributed by atoms with van der Waals surface area (Å²) in [5.41, 5.74) is 0. The van der Waals surface area contributed by atoms with E-state index in [-0.39, 0.29) is 24.0 Å². The standard InChI is InChI=1S/C19H30N4O5S/c1-23-11-19(21-13-23)29(26,27)22-16-8-7-15(28-17(16)12-24)9-18(25)20-10-14-5-3-2-4-6-14/h7-8,11,13-17,22,24H,2-6,9-10,12H2,1H3,(H,20,25)/t15-,16+,17-/m1/s1. The third-order valence-electron chi connectivity index (χ3n) is 5.41. The topological polar surface area (TPSA) is 123 Å². The molecule has 0 spiro atoms. The fourth-order valence-electron chi connectivity index (χ4n) is 3.78. The second kappa shape index (κ2) is 9.84. The molecule has 1 fully saturated rings. The number of aryl methyl sites for hydroxylation is 1. The first kappa shape index (κ1) is 21.9. The molecule has 0 radical (unpaired) electrons. The molecular formula is C19H30N4O5S. The Labute approximate surface area is 171 Å². The summed E-state index contributed by atoms with van der Waals surface area (Å²) in [6.07, 6.45) is 11.0. The van der Waals surface area contributed by atoms with Gasteiger partial charge in [-0.1, -0.05) is 31.4 Å². The van der Waals surface area contributed by atoms with Crippen molar-refractivity contribution in [1.29, 1.82) is 0 Å². The number of rotatable bonds is 8. The Bertz CT molecular complexity index is 816. The van der Waals surface area contributed by atoms with E-state index in [0.717, 1.165) is 12.8 Å². The molecule has 2 heterocycles. The monoisotopic (exact) mass is 426 g/mol. The van der Waals surface area contributed by atoms with Crippen LogP contribution in [-0.4, -0.2) is 60.4 Å². The minimum absolute atomic E-state index is 0.102. The lowest BCUT2D eigenvalue weighted by Crippen LogP contribution is -2.49. The summed E-state index contributed by atoms with van der Waals surface area (Å²) in [4.78, 5) is 16.1. The molecule has 1 aromatic heterocycles. The van der Waals surface area contributed by atoms with Gasteiger partial charge in [-0.05, 0) is 18.8 Å². The zero-order valence-electron chi connectivity index (χ0n) is 16.7. The number of hydrogen-bond acceptors (Lipinski definition) is 6. The number of ether oxygens (including phenoxy) is 1. The number of carbonyl (C=O) groups is 1. The highest BCUT2D eigenvalue weighted by molar-refractivity contribution is 7.89. The number of hydrogen-bond donors (Lipinski definition) is 3. The predicted molar refractivity (Wildman–Crippen MR) is 106 cm³/mol. The average Bonchev–Trinajstić information content (AvgIpc) is 3.15. The summed E-state index contributed by atoms with van der Waals surface area (Å²) >= 11 is 0. The van der Waals surface area contributed by atoms with Crippen molar-refractivity contribution in [2.75, 3.05) is 13.2 Å². The van der Waals surface area contributed by atoms with E-state index < -0.39 is 28.3 Å². The van der Waals surface area contributed by atoms with Gasteiger partial charge in [0.25, 0.3) is 10.0 Å². The first-order chi connectivity index (χ1) is 13.9. The molecule has 9 nitrogen and oxygen atoms in total. The molecule has 0 saturated heterocycles. The number of aliphatic hydroxyl groups is 1. The van der Waals surface area contributed by atoms with E-state index >= 15 is 0 Å². The van der Waals surface area contributed by atoms with E-state index in [0.29, 0.717) is 12.5 Å². The molecule has 1 amide bonds. The van der Waals surface area contributed by atoms with Crippen molar-refractivity contribution in [3.63, 3.8) is 0 Å². The van der Waals surface area contributed by atoms with Crippen molar-refractivity contribution in [1.82, 2.24) is 19.6 Å². The Morgan fingerprint density at radius 2 is 2.07 bits per heavy atom. The van der Waals surface area contributed by atoms with Gasteiger partial charge in [0.15, 0.2) is 5.03 Å². The summed E-state index contributed by atoms with van der Waals surface area (Å²) in [7, 11) is -2.17. The highest BCUT2D eigenvalue weighted by atomic mass is 32.2. The van der Waals surface area contributed by atoms with Crippen LogP contribution in [0.3, 0.4) is 0 Å². The van der Waals surface area contributed by atoms with Gasteiger partial charge in [-0.2, -0.15) is 0 Å². The molecule has 3 rings (SSSR count). The Morgan fingerprint density at radius 1 is 1.31 bits per heavy atom. The van der Waals surface area contributed by atoms with Crippen molar-refractivity contribution in [3.05, 3.63) is 24.7 Å². The molecule has 10 heteroatoms. The Kier molecular flexibility index (Phi) is 7.44. The average molecular weight is 427 g/mol. The number of sulfonamides is 1. The Morgan fingerprint density at radius 3 is 2.72 bits per heavy atom. The fraction of sp³-hybridized carbons (Fsp3) is 0.684. The van der Waals surface area contributed by atoms with E-state index in [1.165, 1.54) is 36.4 Å². The van der Waals surface area contributed by atoms with Gasteiger partial charge in [0.2, 0.25) is 5.91 Å². The summed E-state index contributed by atoms with van der Waals surface area (Å²) in [5, 5.41) is 12.5. The number of imidazole rings is 1. The zero-order chi connectivity index (χ0) is 20.9. The summed E-state index contributed by atoms with van der Waals surface area (Å²) < 4.78 is 34.7. The minimum atomic E-state index is -3.85. The summed E-state index contributed by atoms with van der Waals surface area (Å²) in [6.45, 7) is 0.311. The van der Waals surface area contributed by atoms with Gasteiger partial charge in [0, 0.05) is 19.8 Å². The van der Waals surface area contributed by atoms with Crippen LogP contribution < -0.4 is 10.0 Å². The lowest BCUT2D eigenvalue weighted by molar-refractivity contribution is -0.125. The van der Waals surface area contributed by atoms with Crippen molar-refractivity contribution < 1.29 is 23.1 Å². The third-order valence-corrected chi connectivity index (χ3v) is 6.75. The van der Waals surface area contributed by atoms with Gasteiger partial charge in [-0.15, -0.1) is 0 Å². The number of amides is 1. The van der Waals surface area contributed by atoms with Gasteiger partial charge in [0.05, 0.1) is 31.5 Å².